The van der Waals surface area contributed by atoms with Crippen LogP contribution in [0.1, 0.15) is 18.9 Å². The Balaban J connectivity index is 2.08. The van der Waals surface area contributed by atoms with E-state index in [2.05, 4.69) is 0 Å². The average molecular weight is 356 g/mol. The lowest BCUT2D eigenvalue weighted by molar-refractivity contribution is -0.146. The first kappa shape index (κ1) is 17.0. The standard InChI is InChI=1S/C15H14ClNO3S2/c1-2-7-20-13(18)9-17-14(19)12(22-15(17)21)8-10-3-5-11(16)6-4-10/h3-6,8H,2,7,9H2,1H3. The maximum Gasteiger partial charge on any atom is 0.326 e. The molecule has 1 saturated heterocycles. The van der Waals surface area contributed by atoms with Gasteiger partial charge >= 0.3 is 5.97 Å². The quantitative estimate of drug-likeness (QED) is 0.459. The fraction of sp³-hybridized carbons (Fsp3) is 0.267. The Morgan fingerprint density at radius 1 is 1.41 bits per heavy atom. The van der Waals surface area contributed by atoms with Crippen LogP contribution in [0, 0.1) is 0 Å². The van der Waals surface area contributed by atoms with E-state index in [1.165, 1.54) is 16.7 Å². The van der Waals surface area contributed by atoms with Crippen LogP contribution < -0.4 is 0 Å². The number of hydrogen-bond donors (Lipinski definition) is 0. The molecule has 4 nitrogen and oxygen atoms in total. The Hall–Kier alpha value is -1.37. The summed E-state index contributed by atoms with van der Waals surface area (Å²) in [4.78, 5) is 25.7. The number of halogens is 1. The smallest absolute Gasteiger partial charge is 0.326 e. The van der Waals surface area contributed by atoms with Crippen molar-refractivity contribution in [1.29, 1.82) is 0 Å². The summed E-state index contributed by atoms with van der Waals surface area (Å²) in [6, 6.07) is 7.11. The molecule has 1 aliphatic rings. The second-order valence-corrected chi connectivity index (χ2v) is 6.65. The highest BCUT2D eigenvalue weighted by molar-refractivity contribution is 8.26. The van der Waals surface area contributed by atoms with Crippen LogP contribution in [-0.2, 0) is 14.3 Å². The van der Waals surface area contributed by atoms with E-state index in [-0.39, 0.29) is 12.5 Å². The Labute approximate surface area is 143 Å². The van der Waals surface area contributed by atoms with Crippen LogP contribution in [0.15, 0.2) is 29.2 Å². The number of nitrogens with zero attached hydrogens (tertiary/aromatic N) is 1. The van der Waals surface area contributed by atoms with E-state index in [1.807, 2.05) is 19.1 Å². The highest BCUT2D eigenvalue weighted by Gasteiger charge is 2.33. The van der Waals surface area contributed by atoms with Gasteiger partial charge in [-0.2, -0.15) is 0 Å². The molecule has 0 bridgehead atoms. The molecule has 0 aromatic heterocycles. The van der Waals surface area contributed by atoms with Gasteiger partial charge in [0.05, 0.1) is 11.5 Å². The zero-order valence-electron chi connectivity index (χ0n) is 11.9. The van der Waals surface area contributed by atoms with Crippen molar-refractivity contribution in [2.45, 2.75) is 13.3 Å². The average Bonchev–Trinajstić information content (AvgIpc) is 2.75. The van der Waals surface area contributed by atoms with E-state index < -0.39 is 5.97 Å². The zero-order valence-corrected chi connectivity index (χ0v) is 14.3. The molecule has 0 unspecified atom stereocenters. The van der Waals surface area contributed by atoms with Gasteiger partial charge in [0.2, 0.25) is 0 Å². The third-order valence-electron chi connectivity index (χ3n) is 2.80. The van der Waals surface area contributed by atoms with Gasteiger partial charge < -0.3 is 4.74 Å². The van der Waals surface area contributed by atoms with Crippen LogP contribution in [0.2, 0.25) is 5.02 Å². The minimum Gasteiger partial charge on any atom is -0.464 e. The van der Waals surface area contributed by atoms with Crippen LogP contribution in [0.5, 0.6) is 0 Å². The van der Waals surface area contributed by atoms with Gasteiger partial charge in [0, 0.05) is 5.02 Å². The summed E-state index contributed by atoms with van der Waals surface area (Å²) in [6.07, 6.45) is 2.47. The first-order valence-electron chi connectivity index (χ1n) is 6.68. The summed E-state index contributed by atoms with van der Waals surface area (Å²) in [6.45, 7) is 2.10. The van der Waals surface area contributed by atoms with E-state index in [9.17, 15) is 9.59 Å². The topological polar surface area (TPSA) is 46.6 Å². The number of carbonyl (C=O) groups is 2. The Morgan fingerprint density at radius 3 is 2.73 bits per heavy atom. The van der Waals surface area contributed by atoms with Crippen molar-refractivity contribution in [3.63, 3.8) is 0 Å². The molecule has 116 valence electrons. The predicted molar refractivity (Wildman–Crippen MR) is 92.6 cm³/mol. The molecule has 1 heterocycles. The molecule has 0 saturated carbocycles. The molecule has 22 heavy (non-hydrogen) atoms. The number of benzene rings is 1. The van der Waals surface area contributed by atoms with E-state index in [0.29, 0.717) is 20.9 Å². The Morgan fingerprint density at radius 2 is 2.09 bits per heavy atom. The van der Waals surface area contributed by atoms with Crippen molar-refractivity contribution in [3.8, 4) is 0 Å². The van der Waals surface area contributed by atoms with Gasteiger partial charge in [-0.15, -0.1) is 0 Å². The second-order valence-electron chi connectivity index (χ2n) is 4.54. The molecule has 0 aliphatic carbocycles. The largest absolute Gasteiger partial charge is 0.464 e. The second kappa shape index (κ2) is 7.76. The normalized spacial score (nSPS) is 16.5. The lowest BCUT2D eigenvalue weighted by atomic mass is 10.2. The predicted octanol–water partition coefficient (Wildman–Crippen LogP) is 3.49. The van der Waals surface area contributed by atoms with Gasteiger partial charge in [-0.1, -0.05) is 54.6 Å². The van der Waals surface area contributed by atoms with E-state index in [0.717, 1.165) is 12.0 Å². The number of rotatable bonds is 5. The molecule has 0 atom stereocenters. The molecule has 0 spiro atoms. The van der Waals surface area contributed by atoms with Gasteiger partial charge in [-0.3, -0.25) is 14.5 Å². The summed E-state index contributed by atoms with van der Waals surface area (Å²) in [5.74, 6) is -0.732. The molecule has 1 aliphatic heterocycles. The molecule has 7 heteroatoms. The SMILES string of the molecule is CCCOC(=O)CN1C(=O)C(=Cc2ccc(Cl)cc2)SC1=S. The molecule has 0 N–H and O–H groups in total. The molecule has 0 radical (unpaired) electrons. The van der Waals surface area contributed by atoms with Crippen LogP contribution in [0.3, 0.4) is 0 Å². The Bertz CT molecular complexity index is 628. The van der Waals surface area contributed by atoms with Crippen molar-refractivity contribution in [2.75, 3.05) is 13.2 Å². The zero-order chi connectivity index (χ0) is 16.1. The number of carbonyl (C=O) groups excluding carboxylic acids is 2. The van der Waals surface area contributed by atoms with Gasteiger partial charge in [0.15, 0.2) is 0 Å². The summed E-state index contributed by atoms with van der Waals surface area (Å²) in [7, 11) is 0. The summed E-state index contributed by atoms with van der Waals surface area (Å²) in [5.41, 5.74) is 0.846. The highest BCUT2D eigenvalue weighted by Crippen LogP contribution is 2.32. The van der Waals surface area contributed by atoms with Crippen LogP contribution >= 0.6 is 35.6 Å². The number of ether oxygens (including phenoxy) is 1. The molecule has 1 amide bonds. The van der Waals surface area contributed by atoms with Gasteiger partial charge in [0.1, 0.15) is 10.9 Å². The highest BCUT2D eigenvalue weighted by atomic mass is 35.5. The molecule has 1 aromatic rings. The maximum absolute atomic E-state index is 12.3. The summed E-state index contributed by atoms with van der Waals surface area (Å²) in [5, 5.41) is 0.628. The maximum atomic E-state index is 12.3. The van der Waals surface area contributed by atoms with Crippen molar-refractivity contribution in [2.24, 2.45) is 0 Å². The summed E-state index contributed by atoms with van der Waals surface area (Å²) >= 11 is 12.2. The van der Waals surface area contributed by atoms with E-state index in [1.54, 1.807) is 18.2 Å². The lowest BCUT2D eigenvalue weighted by Crippen LogP contribution is -2.34. The number of amides is 1. The number of thioether (sulfide) groups is 1. The van der Waals surface area contributed by atoms with Gasteiger partial charge in [-0.05, 0) is 30.2 Å². The van der Waals surface area contributed by atoms with Gasteiger partial charge in [0.25, 0.3) is 5.91 Å². The minimum absolute atomic E-state index is 0.150. The summed E-state index contributed by atoms with van der Waals surface area (Å²) < 4.78 is 5.34. The van der Waals surface area contributed by atoms with Crippen molar-refractivity contribution in [1.82, 2.24) is 4.90 Å². The van der Waals surface area contributed by atoms with Gasteiger partial charge in [-0.25, -0.2) is 0 Å². The van der Waals surface area contributed by atoms with Crippen LogP contribution in [0.25, 0.3) is 6.08 Å². The first-order valence-corrected chi connectivity index (χ1v) is 8.28. The molecule has 1 aromatic carbocycles. The number of thiocarbonyl (C=S) groups is 1. The molecular weight excluding hydrogens is 342 g/mol. The van der Waals surface area contributed by atoms with Crippen molar-refractivity contribution < 1.29 is 14.3 Å². The third-order valence-corrected chi connectivity index (χ3v) is 4.43. The molecular formula is C15H14ClNO3S2. The number of hydrogen-bond acceptors (Lipinski definition) is 5. The Kier molecular flexibility index (Phi) is 5.99. The van der Waals surface area contributed by atoms with Crippen molar-refractivity contribution in [3.05, 3.63) is 39.8 Å². The fourth-order valence-corrected chi connectivity index (χ4v) is 3.12. The minimum atomic E-state index is -0.453. The van der Waals surface area contributed by atoms with E-state index >= 15 is 0 Å². The monoisotopic (exact) mass is 355 g/mol. The molecule has 2 rings (SSSR count). The molecule has 1 fully saturated rings. The third kappa shape index (κ3) is 4.32. The first-order chi connectivity index (χ1) is 10.5. The van der Waals surface area contributed by atoms with Crippen molar-refractivity contribution >= 4 is 57.9 Å². The fourth-order valence-electron chi connectivity index (χ4n) is 1.74. The van der Waals surface area contributed by atoms with Crippen LogP contribution in [0.4, 0.5) is 0 Å². The number of esters is 1. The van der Waals surface area contributed by atoms with Crippen LogP contribution in [-0.4, -0.2) is 34.2 Å². The lowest BCUT2D eigenvalue weighted by Gasteiger charge is -2.13. The van der Waals surface area contributed by atoms with E-state index in [4.69, 9.17) is 28.6 Å².